The van der Waals surface area contributed by atoms with E-state index in [1.807, 2.05) is 12.3 Å². The molecule has 1 aliphatic rings. The van der Waals surface area contributed by atoms with Crippen molar-refractivity contribution in [1.29, 1.82) is 0 Å². The molecule has 1 atom stereocenters. The van der Waals surface area contributed by atoms with Gasteiger partial charge in [-0.15, -0.1) is 11.3 Å². The molecule has 0 unspecified atom stereocenters. The summed E-state index contributed by atoms with van der Waals surface area (Å²) in [4.78, 5) is 34.4. The van der Waals surface area contributed by atoms with Crippen molar-refractivity contribution in [3.63, 3.8) is 0 Å². The van der Waals surface area contributed by atoms with Crippen molar-refractivity contribution in [3.05, 3.63) is 40.1 Å². The van der Waals surface area contributed by atoms with Gasteiger partial charge in [0.05, 0.1) is 41.3 Å². The third-order valence-corrected chi connectivity index (χ3v) is 4.69. The van der Waals surface area contributed by atoms with Crippen LogP contribution in [0.5, 0.6) is 0 Å². The molecule has 0 spiro atoms. The zero-order valence-corrected chi connectivity index (χ0v) is 14.3. The van der Waals surface area contributed by atoms with Crippen molar-refractivity contribution in [2.45, 2.75) is 25.8 Å². The molecule has 7 nitrogen and oxygen atoms in total. The predicted molar refractivity (Wildman–Crippen MR) is 90.1 cm³/mol. The Hall–Kier alpha value is -2.48. The number of nitrogens with zero attached hydrogens (tertiary/aromatic N) is 3. The van der Waals surface area contributed by atoms with E-state index in [-0.39, 0.29) is 12.1 Å². The number of hydrogen-bond acceptors (Lipinski definition) is 6. The Bertz CT molecular complexity index is 761. The number of nitrogens with one attached hydrogen (secondary N) is 1. The molecule has 1 saturated heterocycles. The van der Waals surface area contributed by atoms with Gasteiger partial charge in [0.2, 0.25) is 0 Å². The number of pyridine rings is 1. The number of carbonyl (C=O) groups excluding carboxylic acids is 2. The zero-order valence-electron chi connectivity index (χ0n) is 13.5. The fourth-order valence-electron chi connectivity index (χ4n) is 2.78. The van der Waals surface area contributed by atoms with E-state index in [0.29, 0.717) is 17.8 Å². The fraction of sp³-hybridized carbons (Fsp3) is 0.375. The summed E-state index contributed by atoms with van der Waals surface area (Å²) >= 11 is 1.59. The van der Waals surface area contributed by atoms with Crippen molar-refractivity contribution >= 4 is 29.0 Å². The number of thiazole rings is 1. The summed E-state index contributed by atoms with van der Waals surface area (Å²) in [6.45, 7) is 2.63. The second kappa shape index (κ2) is 6.96. The molecule has 2 amide bonds. The molecular weight excluding hydrogens is 328 g/mol. The Balaban J connectivity index is 1.73. The van der Waals surface area contributed by atoms with E-state index in [0.717, 1.165) is 23.5 Å². The molecule has 0 aliphatic carbocycles. The number of rotatable bonds is 3. The molecule has 0 saturated carbocycles. The highest BCUT2D eigenvalue weighted by molar-refractivity contribution is 7.09. The number of methoxy groups -OCH3 is 1. The van der Waals surface area contributed by atoms with Gasteiger partial charge >= 0.3 is 12.0 Å². The average molecular weight is 346 g/mol. The highest BCUT2D eigenvalue weighted by atomic mass is 32.1. The summed E-state index contributed by atoms with van der Waals surface area (Å²) < 4.78 is 4.66. The van der Waals surface area contributed by atoms with Crippen LogP contribution in [-0.2, 0) is 4.74 Å². The number of aryl methyl sites for hydroxylation is 1. The minimum atomic E-state index is -0.490. The number of likely N-dealkylation sites (tertiary alicyclic amines) is 1. The van der Waals surface area contributed by atoms with Crippen molar-refractivity contribution in [1.82, 2.24) is 14.9 Å². The molecule has 1 aliphatic heterocycles. The van der Waals surface area contributed by atoms with Gasteiger partial charge in [-0.1, -0.05) is 0 Å². The van der Waals surface area contributed by atoms with E-state index in [1.165, 1.54) is 19.5 Å². The number of hydrogen-bond donors (Lipinski definition) is 1. The van der Waals surface area contributed by atoms with E-state index in [2.05, 4.69) is 20.0 Å². The van der Waals surface area contributed by atoms with E-state index in [1.54, 1.807) is 22.3 Å². The highest BCUT2D eigenvalue weighted by Crippen LogP contribution is 2.32. The molecule has 126 valence electrons. The van der Waals surface area contributed by atoms with Crippen molar-refractivity contribution in [3.8, 4) is 0 Å². The van der Waals surface area contributed by atoms with Crippen LogP contribution in [0, 0.1) is 6.92 Å². The quantitative estimate of drug-likeness (QED) is 0.864. The van der Waals surface area contributed by atoms with Crippen LogP contribution in [0.1, 0.15) is 39.9 Å². The number of carbonyl (C=O) groups is 2. The summed E-state index contributed by atoms with van der Waals surface area (Å²) in [6, 6.07) is 1.33. The number of anilines is 1. The van der Waals surface area contributed by atoms with Gasteiger partial charge in [-0.05, 0) is 25.8 Å². The molecule has 24 heavy (non-hydrogen) atoms. The normalized spacial score (nSPS) is 16.9. The van der Waals surface area contributed by atoms with Gasteiger partial charge < -0.3 is 15.0 Å². The van der Waals surface area contributed by atoms with Gasteiger partial charge in [0, 0.05) is 18.1 Å². The third-order valence-electron chi connectivity index (χ3n) is 3.90. The van der Waals surface area contributed by atoms with Crippen LogP contribution in [0.15, 0.2) is 23.8 Å². The molecule has 2 aromatic rings. The summed E-state index contributed by atoms with van der Waals surface area (Å²) in [5.74, 6) is -0.490. The van der Waals surface area contributed by atoms with Crippen molar-refractivity contribution < 1.29 is 14.3 Å². The molecule has 1 N–H and O–H groups in total. The lowest BCUT2D eigenvalue weighted by Crippen LogP contribution is -2.34. The van der Waals surface area contributed by atoms with Crippen LogP contribution in [0.3, 0.4) is 0 Å². The van der Waals surface area contributed by atoms with E-state index >= 15 is 0 Å². The molecule has 0 aromatic carbocycles. The van der Waals surface area contributed by atoms with Crippen LogP contribution in [0.4, 0.5) is 10.5 Å². The first kappa shape index (κ1) is 16.4. The number of esters is 1. The highest BCUT2D eigenvalue weighted by Gasteiger charge is 2.31. The molecular formula is C16H18N4O3S. The predicted octanol–water partition coefficient (Wildman–Crippen LogP) is 3.00. The molecule has 3 heterocycles. The zero-order chi connectivity index (χ0) is 17.1. The monoisotopic (exact) mass is 346 g/mol. The van der Waals surface area contributed by atoms with Crippen molar-refractivity contribution in [2.24, 2.45) is 0 Å². The first-order chi connectivity index (χ1) is 11.6. The first-order valence-electron chi connectivity index (χ1n) is 7.61. The fourth-order valence-corrected chi connectivity index (χ4v) is 3.44. The summed E-state index contributed by atoms with van der Waals surface area (Å²) in [5, 5.41) is 5.80. The Labute approximate surface area is 143 Å². The molecule has 2 aromatic heterocycles. The summed E-state index contributed by atoms with van der Waals surface area (Å²) in [7, 11) is 1.30. The van der Waals surface area contributed by atoms with Crippen molar-refractivity contribution in [2.75, 3.05) is 19.0 Å². The van der Waals surface area contributed by atoms with Gasteiger partial charge in [-0.2, -0.15) is 0 Å². The maximum atomic E-state index is 12.6. The lowest BCUT2D eigenvalue weighted by Gasteiger charge is -2.23. The minimum Gasteiger partial charge on any atom is -0.465 e. The van der Waals surface area contributed by atoms with Gasteiger partial charge in [0.1, 0.15) is 0 Å². The van der Waals surface area contributed by atoms with Crippen LogP contribution < -0.4 is 5.32 Å². The maximum absolute atomic E-state index is 12.6. The SMILES string of the molecule is COC(=O)c1cncc(NC(=O)N2CCC[C@@H]2c2csc(C)n2)c1. The van der Waals surface area contributed by atoms with E-state index in [9.17, 15) is 9.59 Å². The smallest absolute Gasteiger partial charge is 0.339 e. The molecule has 0 radical (unpaired) electrons. The lowest BCUT2D eigenvalue weighted by atomic mass is 10.2. The Morgan fingerprint density at radius 2 is 2.25 bits per heavy atom. The van der Waals surface area contributed by atoms with Gasteiger partial charge in [-0.3, -0.25) is 4.98 Å². The number of ether oxygens (including phenoxy) is 1. The number of amides is 2. The first-order valence-corrected chi connectivity index (χ1v) is 8.49. The second-order valence-corrected chi connectivity index (χ2v) is 6.59. The molecule has 1 fully saturated rings. The van der Waals surface area contributed by atoms with E-state index in [4.69, 9.17) is 0 Å². The molecule has 0 bridgehead atoms. The minimum absolute atomic E-state index is 0.00769. The summed E-state index contributed by atoms with van der Waals surface area (Å²) in [6.07, 6.45) is 4.74. The second-order valence-electron chi connectivity index (χ2n) is 5.53. The van der Waals surface area contributed by atoms with Crippen LogP contribution in [0.2, 0.25) is 0 Å². The van der Waals surface area contributed by atoms with Gasteiger partial charge in [0.15, 0.2) is 0 Å². The van der Waals surface area contributed by atoms with Crippen LogP contribution in [-0.4, -0.2) is 40.5 Å². The summed E-state index contributed by atoms with van der Waals surface area (Å²) in [5.41, 5.74) is 1.69. The maximum Gasteiger partial charge on any atom is 0.339 e. The van der Waals surface area contributed by atoms with Crippen LogP contribution >= 0.6 is 11.3 Å². The third kappa shape index (κ3) is 3.38. The van der Waals surface area contributed by atoms with Crippen LogP contribution in [0.25, 0.3) is 0 Å². The molecule has 8 heteroatoms. The topological polar surface area (TPSA) is 84.4 Å². The number of aromatic nitrogens is 2. The van der Waals surface area contributed by atoms with Gasteiger partial charge in [0.25, 0.3) is 0 Å². The van der Waals surface area contributed by atoms with E-state index < -0.39 is 5.97 Å². The average Bonchev–Trinajstić information content (AvgIpc) is 3.22. The Kier molecular flexibility index (Phi) is 4.75. The Morgan fingerprint density at radius 3 is 2.96 bits per heavy atom. The van der Waals surface area contributed by atoms with Gasteiger partial charge in [-0.25, -0.2) is 14.6 Å². The molecule has 3 rings (SSSR count). The Morgan fingerprint density at radius 1 is 1.42 bits per heavy atom. The lowest BCUT2D eigenvalue weighted by molar-refractivity contribution is 0.0600. The number of urea groups is 1. The standard InChI is InChI=1S/C16H18N4O3S/c1-10-18-13(9-24-10)14-4-3-5-20(14)16(22)19-12-6-11(7-17-8-12)15(21)23-2/h6-9,14H,3-5H2,1-2H3,(H,19,22)/t14-/m1/s1. The largest absolute Gasteiger partial charge is 0.465 e.